The number of rotatable bonds is 6. The maximum Gasteiger partial charge on any atom is 0.355 e. The number of hydrogen-bond donors (Lipinski definition) is 1. The molecule has 6 nitrogen and oxygen atoms in total. The molecule has 1 N–H and O–H groups in total. The van der Waals surface area contributed by atoms with E-state index in [0.717, 1.165) is 58.0 Å². The van der Waals surface area contributed by atoms with Crippen molar-refractivity contribution in [2.75, 3.05) is 18.5 Å². The van der Waals surface area contributed by atoms with E-state index >= 15 is 4.39 Å². The number of aromatic amines is 1. The van der Waals surface area contributed by atoms with E-state index in [2.05, 4.69) is 26.1 Å². The van der Waals surface area contributed by atoms with Crippen molar-refractivity contribution in [1.29, 1.82) is 0 Å². The lowest BCUT2D eigenvalue weighted by Gasteiger charge is -2.14. The van der Waals surface area contributed by atoms with Crippen LogP contribution in [-0.4, -0.2) is 39.3 Å². The van der Waals surface area contributed by atoms with Gasteiger partial charge in [-0.25, -0.2) is 9.18 Å². The van der Waals surface area contributed by atoms with E-state index in [9.17, 15) is 4.79 Å². The second-order valence-corrected chi connectivity index (χ2v) is 8.74. The molecule has 8 heteroatoms. The highest BCUT2D eigenvalue weighted by Crippen LogP contribution is 2.40. The Morgan fingerprint density at radius 2 is 2.12 bits per heavy atom. The number of halogens is 2. The van der Waals surface area contributed by atoms with Crippen LogP contribution in [0.15, 0.2) is 12.1 Å². The number of esters is 1. The standard InChI is InChI=1S/C24H29BrFN3O3.CH4/c1-3-18-21-19(28-27-18)14-31-13-6-5-12-29-22-16(9-10-17(26)20(21)22)15(8-7-11-25)23(29)24(30)32-4-2;/h9-10H,3-8,11-14H2,1-2H3,(H,27,28);1H4. The molecule has 3 aromatic rings. The lowest BCUT2D eigenvalue weighted by Crippen LogP contribution is -2.15. The largest absolute Gasteiger partial charge is 0.461 e. The zero-order valence-corrected chi connectivity index (χ0v) is 20.2. The Balaban J connectivity index is 0.00000306. The minimum Gasteiger partial charge on any atom is -0.461 e. The molecular formula is C25H33BrFN3O3. The van der Waals surface area contributed by atoms with Gasteiger partial charge in [0.2, 0.25) is 0 Å². The SMILES string of the molecule is C.CCOC(=O)c1c(CCCBr)c2ccc(F)c3c2n1CCCCOCc1[nH]nc(CC)c1-3. The fourth-order valence-electron chi connectivity index (χ4n) is 4.61. The number of nitrogens with one attached hydrogen (secondary N) is 1. The van der Waals surface area contributed by atoms with Crippen LogP contribution in [0.3, 0.4) is 0 Å². The summed E-state index contributed by atoms with van der Waals surface area (Å²) < 4.78 is 28.9. The van der Waals surface area contributed by atoms with Gasteiger partial charge < -0.3 is 14.0 Å². The van der Waals surface area contributed by atoms with E-state index in [4.69, 9.17) is 9.47 Å². The predicted molar refractivity (Wildman–Crippen MR) is 133 cm³/mol. The summed E-state index contributed by atoms with van der Waals surface area (Å²) in [6, 6.07) is 3.31. The highest BCUT2D eigenvalue weighted by Gasteiger charge is 2.29. The first-order chi connectivity index (χ1) is 15.6. The number of aryl methyl sites for hydroxylation is 3. The van der Waals surface area contributed by atoms with Gasteiger partial charge in [-0.3, -0.25) is 5.10 Å². The van der Waals surface area contributed by atoms with Gasteiger partial charge in [-0.05, 0) is 56.7 Å². The summed E-state index contributed by atoms with van der Waals surface area (Å²) in [5, 5.41) is 9.24. The van der Waals surface area contributed by atoms with Crippen molar-refractivity contribution < 1.29 is 18.7 Å². The minimum atomic E-state index is -0.353. The topological polar surface area (TPSA) is 69.1 Å². The number of nitrogens with zero attached hydrogens (tertiary/aromatic N) is 2. The molecule has 0 amide bonds. The van der Waals surface area contributed by atoms with Crippen LogP contribution < -0.4 is 0 Å². The minimum absolute atomic E-state index is 0. The summed E-state index contributed by atoms with van der Waals surface area (Å²) >= 11 is 3.51. The molecule has 0 fully saturated rings. The van der Waals surface area contributed by atoms with Gasteiger partial charge in [-0.2, -0.15) is 5.10 Å². The number of aromatic nitrogens is 3. The molecule has 1 aliphatic rings. The summed E-state index contributed by atoms with van der Waals surface area (Å²) in [6.07, 6.45) is 3.88. The van der Waals surface area contributed by atoms with Crippen molar-refractivity contribution in [3.8, 4) is 11.1 Å². The van der Waals surface area contributed by atoms with Crippen LogP contribution in [0.2, 0.25) is 0 Å². The van der Waals surface area contributed by atoms with E-state index in [1.165, 1.54) is 6.07 Å². The first-order valence-corrected chi connectivity index (χ1v) is 12.4. The van der Waals surface area contributed by atoms with Crippen molar-refractivity contribution in [3.05, 3.63) is 40.6 Å². The average Bonchev–Trinajstić information content (AvgIpc) is 3.32. The molecule has 180 valence electrons. The van der Waals surface area contributed by atoms with Crippen LogP contribution in [0, 0.1) is 5.82 Å². The zero-order chi connectivity index (χ0) is 22.7. The van der Waals surface area contributed by atoms with E-state index in [-0.39, 0.29) is 19.2 Å². The Kier molecular flexibility index (Phi) is 8.70. The smallest absolute Gasteiger partial charge is 0.355 e. The second kappa shape index (κ2) is 11.3. The van der Waals surface area contributed by atoms with Crippen LogP contribution in [0.25, 0.3) is 22.0 Å². The van der Waals surface area contributed by atoms with Crippen molar-refractivity contribution in [3.63, 3.8) is 0 Å². The van der Waals surface area contributed by atoms with Gasteiger partial charge in [0.05, 0.1) is 30.1 Å². The molecule has 0 saturated carbocycles. The first kappa shape index (κ1) is 25.4. The summed E-state index contributed by atoms with van der Waals surface area (Å²) in [5.74, 6) is -0.677. The average molecular weight is 522 g/mol. The number of alkyl halides is 1. The summed E-state index contributed by atoms with van der Waals surface area (Å²) in [4.78, 5) is 13.1. The molecule has 0 bridgehead atoms. The van der Waals surface area contributed by atoms with Crippen LogP contribution in [0.1, 0.15) is 68.0 Å². The molecule has 0 radical (unpaired) electrons. The summed E-state index contributed by atoms with van der Waals surface area (Å²) in [7, 11) is 0. The molecule has 0 atom stereocenters. The van der Waals surface area contributed by atoms with Crippen molar-refractivity contribution in [2.24, 2.45) is 0 Å². The molecule has 0 aliphatic carbocycles. The number of benzene rings is 1. The number of carbonyl (C=O) groups is 1. The maximum absolute atomic E-state index is 15.6. The number of hydrogen-bond acceptors (Lipinski definition) is 4. The van der Waals surface area contributed by atoms with Crippen molar-refractivity contribution in [1.82, 2.24) is 14.8 Å². The Labute approximate surface area is 203 Å². The van der Waals surface area contributed by atoms with E-state index in [1.807, 2.05) is 11.5 Å². The zero-order valence-electron chi connectivity index (χ0n) is 18.6. The Bertz CT molecular complexity index is 1120. The van der Waals surface area contributed by atoms with Gasteiger partial charge in [-0.1, -0.05) is 30.3 Å². The molecule has 3 heterocycles. The van der Waals surface area contributed by atoms with Gasteiger partial charge in [-0.15, -0.1) is 0 Å². The normalized spacial score (nSPS) is 13.8. The van der Waals surface area contributed by atoms with Gasteiger partial charge in [0, 0.05) is 35.0 Å². The van der Waals surface area contributed by atoms with E-state index in [0.29, 0.717) is 50.5 Å². The van der Waals surface area contributed by atoms with E-state index in [1.54, 1.807) is 13.0 Å². The third kappa shape index (κ3) is 4.73. The number of H-pyrrole nitrogens is 1. The molecule has 0 unspecified atom stereocenters. The van der Waals surface area contributed by atoms with Gasteiger partial charge in [0.1, 0.15) is 11.5 Å². The molecule has 4 rings (SSSR count). The van der Waals surface area contributed by atoms with Gasteiger partial charge in [0.15, 0.2) is 0 Å². The van der Waals surface area contributed by atoms with Gasteiger partial charge in [0.25, 0.3) is 0 Å². The molecule has 1 aromatic carbocycles. The highest BCUT2D eigenvalue weighted by molar-refractivity contribution is 9.09. The number of fused-ring (bicyclic) bond motifs is 2. The molecule has 2 aromatic heterocycles. The Hall–Kier alpha value is -2.19. The van der Waals surface area contributed by atoms with Crippen LogP contribution in [0.4, 0.5) is 4.39 Å². The maximum atomic E-state index is 15.6. The van der Waals surface area contributed by atoms with Crippen LogP contribution in [0.5, 0.6) is 0 Å². The third-order valence-corrected chi connectivity index (χ3v) is 6.54. The summed E-state index contributed by atoms with van der Waals surface area (Å²) in [6.45, 7) is 5.63. The lowest BCUT2D eigenvalue weighted by atomic mass is 9.97. The second-order valence-electron chi connectivity index (χ2n) is 7.95. The van der Waals surface area contributed by atoms with Crippen molar-refractivity contribution >= 4 is 32.8 Å². The first-order valence-electron chi connectivity index (χ1n) is 11.3. The lowest BCUT2D eigenvalue weighted by molar-refractivity contribution is 0.0512. The number of carbonyl (C=O) groups excluding carboxylic acids is 1. The Morgan fingerprint density at radius 3 is 2.85 bits per heavy atom. The van der Waals surface area contributed by atoms with Crippen LogP contribution >= 0.6 is 15.9 Å². The molecular weight excluding hydrogens is 489 g/mol. The molecule has 33 heavy (non-hydrogen) atoms. The monoisotopic (exact) mass is 521 g/mol. The quantitative estimate of drug-likeness (QED) is 0.310. The van der Waals surface area contributed by atoms with Crippen molar-refractivity contribution in [2.45, 2.75) is 66.5 Å². The molecule has 0 spiro atoms. The predicted octanol–water partition coefficient (Wildman–Crippen LogP) is 6.18. The molecule has 0 saturated heterocycles. The highest BCUT2D eigenvalue weighted by atomic mass is 79.9. The fraction of sp³-hybridized carbons (Fsp3) is 0.520. The number of ether oxygens (including phenoxy) is 2. The van der Waals surface area contributed by atoms with Crippen LogP contribution in [-0.2, 0) is 35.5 Å². The summed E-state index contributed by atoms with van der Waals surface area (Å²) in [5.41, 5.74) is 5.01. The molecule has 1 aliphatic heterocycles. The third-order valence-electron chi connectivity index (χ3n) is 5.97. The van der Waals surface area contributed by atoms with E-state index < -0.39 is 0 Å². The van der Waals surface area contributed by atoms with Gasteiger partial charge >= 0.3 is 5.97 Å². The fourth-order valence-corrected chi connectivity index (χ4v) is 4.89. The Morgan fingerprint density at radius 1 is 1.30 bits per heavy atom.